The van der Waals surface area contributed by atoms with Gasteiger partial charge in [0.1, 0.15) is 6.10 Å². The molecule has 0 bridgehead atoms. The number of carbonyl (C=O) groups excluding carboxylic acids is 1. The Morgan fingerprint density at radius 1 is 1.53 bits per heavy atom. The van der Waals surface area contributed by atoms with E-state index >= 15 is 0 Å². The third-order valence-corrected chi connectivity index (χ3v) is 3.47. The van der Waals surface area contributed by atoms with E-state index in [9.17, 15) is 4.79 Å². The summed E-state index contributed by atoms with van der Waals surface area (Å²) in [6.45, 7) is 0. The number of carbonyl (C=O) groups is 1. The van der Waals surface area contributed by atoms with Crippen molar-refractivity contribution in [1.82, 2.24) is 5.32 Å². The van der Waals surface area contributed by atoms with Gasteiger partial charge in [-0.1, -0.05) is 0 Å². The van der Waals surface area contributed by atoms with Crippen LogP contribution in [0.5, 0.6) is 5.06 Å². The quantitative estimate of drug-likeness (QED) is 0.798. The molecule has 2 rings (SSSR count). The molecule has 15 heavy (non-hydrogen) atoms. The van der Waals surface area contributed by atoms with Gasteiger partial charge in [-0.15, -0.1) is 11.3 Å². The fraction of sp³-hybridized carbons (Fsp3) is 0.545. The second-order valence-electron chi connectivity index (χ2n) is 3.82. The second-order valence-corrected chi connectivity index (χ2v) is 4.73. The third kappa shape index (κ3) is 2.96. The third-order valence-electron chi connectivity index (χ3n) is 2.71. The van der Waals surface area contributed by atoms with Crippen LogP contribution in [0.4, 0.5) is 0 Å². The lowest BCUT2D eigenvalue weighted by Gasteiger charge is -2.28. The van der Waals surface area contributed by atoms with Gasteiger partial charge in [-0.25, -0.2) is 0 Å². The lowest BCUT2D eigenvalue weighted by Crippen LogP contribution is -2.37. The van der Waals surface area contributed by atoms with E-state index in [1.165, 1.54) is 0 Å². The summed E-state index contributed by atoms with van der Waals surface area (Å²) in [4.78, 5) is 10.3. The molecule has 1 N–H and O–H groups in total. The Balaban J connectivity index is 1.84. The summed E-state index contributed by atoms with van der Waals surface area (Å²) < 4.78 is 5.83. The first kappa shape index (κ1) is 10.5. The summed E-state index contributed by atoms with van der Waals surface area (Å²) in [7, 11) is 0. The predicted octanol–water partition coefficient (Wildman–Crippen LogP) is 2.18. The summed E-state index contributed by atoms with van der Waals surface area (Å²) in [5, 5.41) is 5.83. The Bertz CT molecular complexity index is 300. The lowest BCUT2D eigenvalue weighted by molar-refractivity contribution is -0.110. The molecule has 82 valence electrons. The zero-order valence-corrected chi connectivity index (χ0v) is 9.33. The zero-order valence-electron chi connectivity index (χ0n) is 8.52. The fourth-order valence-corrected chi connectivity index (χ4v) is 2.63. The molecule has 1 fully saturated rings. The molecule has 0 radical (unpaired) electrons. The monoisotopic (exact) mass is 225 g/mol. The van der Waals surface area contributed by atoms with Gasteiger partial charge in [-0.3, -0.25) is 4.79 Å². The molecule has 1 aromatic rings. The van der Waals surface area contributed by atoms with E-state index in [-0.39, 0.29) is 6.10 Å². The van der Waals surface area contributed by atoms with Crippen LogP contribution in [0.1, 0.15) is 25.7 Å². The maximum Gasteiger partial charge on any atom is 0.207 e. The Morgan fingerprint density at radius 2 is 2.47 bits per heavy atom. The summed E-state index contributed by atoms with van der Waals surface area (Å²) >= 11 is 1.62. The largest absolute Gasteiger partial charge is 0.481 e. The van der Waals surface area contributed by atoms with Crippen molar-refractivity contribution < 1.29 is 9.53 Å². The van der Waals surface area contributed by atoms with Gasteiger partial charge in [0.25, 0.3) is 0 Å². The number of hydrogen-bond acceptors (Lipinski definition) is 3. The van der Waals surface area contributed by atoms with E-state index in [0.717, 1.165) is 37.2 Å². The minimum absolute atomic E-state index is 0.259. The molecule has 1 aliphatic rings. The van der Waals surface area contributed by atoms with Crippen LogP contribution in [0.3, 0.4) is 0 Å². The highest BCUT2D eigenvalue weighted by Crippen LogP contribution is 2.26. The van der Waals surface area contributed by atoms with Crippen molar-refractivity contribution in [2.45, 2.75) is 37.8 Å². The molecule has 4 heteroatoms. The van der Waals surface area contributed by atoms with E-state index in [0.29, 0.717) is 6.04 Å². The molecule has 0 aromatic carbocycles. The first-order valence-corrected chi connectivity index (χ1v) is 6.16. The van der Waals surface area contributed by atoms with Gasteiger partial charge in [0, 0.05) is 12.5 Å². The van der Waals surface area contributed by atoms with Crippen molar-refractivity contribution in [2.75, 3.05) is 0 Å². The molecule has 0 spiro atoms. The first-order chi connectivity index (χ1) is 7.38. The Labute approximate surface area is 93.4 Å². The van der Waals surface area contributed by atoms with Crippen molar-refractivity contribution in [3.8, 4) is 5.06 Å². The van der Waals surface area contributed by atoms with E-state index in [2.05, 4.69) is 5.32 Å². The predicted molar refractivity (Wildman–Crippen MR) is 60.2 cm³/mol. The van der Waals surface area contributed by atoms with Crippen molar-refractivity contribution in [1.29, 1.82) is 0 Å². The average Bonchev–Trinajstić information content (AvgIpc) is 2.71. The smallest absolute Gasteiger partial charge is 0.207 e. The van der Waals surface area contributed by atoms with Gasteiger partial charge in [0.05, 0.1) is 0 Å². The molecule has 1 amide bonds. The van der Waals surface area contributed by atoms with Crippen LogP contribution in [0.2, 0.25) is 0 Å². The number of nitrogens with one attached hydrogen (secondary N) is 1. The molecule has 0 aliphatic heterocycles. The highest BCUT2D eigenvalue weighted by molar-refractivity contribution is 7.11. The molecular weight excluding hydrogens is 210 g/mol. The molecule has 2 unspecified atom stereocenters. The zero-order chi connectivity index (χ0) is 10.5. The van der Waals surface area contributed by atoms with Crippen LogP contribution in [0.15, 0.2) is 17.5 Å². The number of thiophene rings is 1. The molecule has 0 saturated heterocycles. The number of rotatable bonds is 4. The Kier molecular flexibility index (Phi) is 3.61. The molecule has 1 aliphatic carbocycles. The normalized spacial score (nSPS) is 25.9. The van der Waals surface area contributed by atoms with Crippen LogP contribution in [0.25, 0.3) is 0 Å². The minimum atomic E-state index is 0.259. The van der Waals surface area contributed by atoms with E-state index < -0.39 is 0 Å². The van der Waals surface area contributed by atoms with Crippen LogP contribution in [-0.2, 0) is 4.79 Å². The fourth-order valence-electron chi connectivity index (χ4n) is 1.99. The van der Waals surface area contributed by atoms with Crippen LogP contribution < -0.4 is 10.1 Å². The molecule has 1 saturated carbocycles. The van der Waals surface area contributed by atoms with E-state index in [1.807, 2.05) is 17.5 Å². The SMILES string of the molecule is O=CNC1CCCC(Oc2cccs2)C1. The van der Waals surface area contributed by atoms with Crippen molar-refractivity contribution in [3.63, 3.8) is 0 Å². The summed E-state index contributed by atoms with van der Waals surface area (Å²) in [6, 6.07) is 4.27. The topological polar surface area (TPSA) is 38.3 Å². The number of hydrogen-bond donors (Lipinski definition) is 1. The maximum absolute atomic E-state index is 10.3. The minimum Gasteiger partial charge on any atom is -0.481 e. The lowest BCUT2D eigenvalue weighted by atomic mass is 9.93. The Morgan fingerprint density at radius 3 is 3.20 bits per heavy atom. The van der Waals surface area contributed by atoms with E-state index in [1.54, 1.807) is 11.3 Å². The van der Waals surface area contributed by atoms with Crippen LogP contribution >= 0.6 is 11.3 Å². The highest BCUT2D eigenvalue weighted by atomic mass is 32.1. The summed E-state index contributed by atoms with van der Waals surface area (Å²) in [5.41, 5.74) is 0. The maximum atomic E-state index is 10.3. The summed E-state index contributed by atoms with van der Waals surface area (Å²) in [6.07, 6.45) is 5.27. The van der Waals surface area contributed by atoms with Gasteiger partial charge in [0.2, 0.25) is 6.41 Å². The van der Waals surface area contributed by atoms with Gasteiger partial charge in [-0.05, 0) is 36.8 Å². The summed E-state index contributed by atoms with van der Waals surface area (Å²) in [5.74, 6) is 0. The number of amides is 1. The van der Waals surface area contributed by atoms with Crippen LogP contribution in [-0.4, -0.2) is 18.6 Å². The molecule has 2 atom stereocenters. The molecule has 1 aromatic heterocycles. The number of ether oxygens (including phenoxy) is 1. The van der Waals surface area contributed by atoms with Gasteiger partial charge >= 0.3 is 0 Å². The highest BCUT2D eigenvalue weighted by Gasteiger charge is 2.22. The molecular formula is C11H15NO2S. The van der Waals surface area contributed by atoms with Crippen LogP contribution in [0, 0.1) is 0 Å². The molecule has 3 nitrogen and oxygen atoms in total. The van der Waals surface area contributed by atoms with Crippen molar-refractivity contribution >= 4 is 17.7 Å². The van der Waals surface area contributed by atoms with Crippen molar-refractivity contribution in [3.05, 3.63) is 17.5 Å². The first-order valence-electron chi connectivity index (χ1n) is 5.28. The van der Waals surface area contributed by atoms with Gasteiger partial charge in [-0.2, -0.15) is 0 Å². The molecule has 1 heterocycles. The van der Waals surface area contributed by atoms with Crippen molar-refractivity contribution in [2.24, 2.45) is 0 Å². The van der Waals surface area contributed by atoms with E-state index in [4.69, 9.17) is 4.74 Å². The van der Waals surface area contributed by atoms with Gasteiger partial charge < -0.3 is 10.1 Å². The van der Waals surface area contributed by atoms with Gasteiger partial charge in [0.15, 0.2) is 5.06 Å². The average molecular weight is 225 g/mol. The second kappa shape index (κ2) is 5.16. The Hall–Kier alpha value is -1.03. The standard InChI is InChI=1S/C11H15NO2S/c13-8-12-9-3-1-4-10(7-9)14-11-5-2-6-15-11/h2,5-6,8-10H,1,3-4,7H2,(H,12,13).